The molecule has 0 N–H and O–H groups in total. The second kappa shape index (κ2) is 18.0. The standard InChI is InChI=1S/C69H45N5/c1-5-19-46(20-6-1)49-35-37-50(38-36-49)56-43-57(54-29-17-27-52(41-54)47-21-7-2-8-22-47)45-58(44-56)73-63-33-15-13-31-59(63)61-39-40-62-60-32-14-16-34-64(60)74(66(62)65(61)73)69-71-67(51-25-11-4-12-26-51)70-68(72-69)55-30-18-28-53(42-55)48-23-9-3-10-24-48/h1-45H. The molecule has 0 spiro atoms. The van der Waals surface area contributed by atoms with E-state index in [4.69, 9.17) is 15.0 Å². The van der Waals surface area contributed by atoms with E-state index in [9.17, 15) is 0 Å². The van der Waals surface area contributed by atoms with E-state index >= 15 is 0 Å². The summed E-state index contributed by atoms with van der Waals surface area (Å²) in [6.45, 7) is 0. The fraction of sp³-hybridized carbons (Fsp3) is 0. The highest BCUT2D eigenvalue weighted by Crippen LogP contribution is 2.43. The zero-order valence-electron chi connectivity index (χ0n) is 40.2. The lowest BCUT2D eigenvalue weighted by Crippen LogP contribution is -2.07. The minimum atomic E-state index is 0.542. The molecule has 74 heavy (non-hydrogen) atoms. The van der Waals surface area contributed by atoms with Crippen LogP contribution in [0.3, 0.4) is 0 Å². The molecule has 0 unspecified atom stereocenters. The van der Waals surface area contributed by atoms with Crippen LogP contribution in [0.5, 0.6) is 0 Å². The van der Waals surface area contributed by atoms with E-state index in [2.05, 4.69) is 258 Å². The fourth-order valence-corrected chi connectivity index (χ4v) is 10.8. The Morgan fingerprint density at radius 1 is 0.216 bits per heavy atom. The van der Waals surface area contributed by atoms with Crippen molar-refractivity contribution in [2.24, 2.45) is 0 Å². The maximum Gasteiger partial charge on any atom is 0.238 e. The maximum absolute atomic E-state index is 5.47. The zero-order valence-corrected chi connectivity index (χ0v) is 40.2. The van der Waals surface area contributed by atoms with Crippen molar-refractivity contribution in [2.75, 3.05) is 0 Å². The van der Waals surface area contributed by atoms with Crippen LogP contribution in [0.4, 0.5) is 0 Å². The first-order chi connectivity index (χ1) is 36.7. The summed E-state index contributed by atoms with van der Waals surface area (Å²) in [6.07, 6.45) is 0. The fourth-order valence-electron chi connectivity index (χ4n) is 10.8. The average molecular weight is 944 g/mol. The predicted molar refractivity (Wildman–Crippen MR) is 307 cm³/mol. The number of nitrogens with zero attached hydrogens (tertiary/aromatic N) is 5. The topological polar surface area (TPSA) is 48.5 Å². The molecule has 0 atom stereocenters. The molecule has 0 aliphatic heterocycles. The molecule has 3 heterocycles. The molecular formula is C69H45N5. The van der Waals surface area contributed by atoms with Gasteiger partial charge in [0, 0.05) is 38.4 Å². The summed E-state index contributed by atoms with van der Waals surface area (Å²) in [5, 5.41) is 4.51. The van der Waals surface area contributed by atoms with E-state index in [1.807, 2.05) is 24.3 Å². The highest BCUT2D eigenvalue weighted by Gasteiger charge is 2.24. The van der Waals surface area contributed by atoms with Crippen LogP contribution in [-0.2, 0) is 0 Å². The zero-order chi connectivity index (χ0) is 49.0. The molecule has 14 rings (SSSR count). The first kappa shape index (κ1) is 42.9. The predicted octanol–water partition coefficient (Wildman–Crippen LogP) is 17.7. The van der Waals surface area contributed by atoms with Crippen LogP contribution < -0.4 is 0 Å². The summed E-state index contributed by atoms with van der Waals surface area (Å²) >= 11 is 0. The van der Waals surface area contributed by atoms with Crippen LogP contribution in [0.25, 0.3) is 134 Å². The van der Waals surface area contributed by atoms with Gasteiger partial charge in [-0.1, -0.05) is 231 Å². The van der Waals surface area contributed by atoms with Gasteiger partial charge in [0.1, 0.15) is 0 Å². The van der Waals surface area contributed by atoms with Gasteiger partial charge in [0.25, 0.3) is 0 Å². The van der Waals surface area contributed by atoms with Crippen molar-refractivity contribution in [3.63, 3.8) is 0 Å². The van der Waals surface area contributed by atoms with Crippen molar-refractivity contribution < 1.29 is 0 Å². The molecule has 0 amide bonds. The Morgan fingerprint density at radius 3 is 1.12 bits per heavy atom. The van der Waals surface area contributed by atoms with Crippen molar-refractivity contribution in [1.82, 2.24) is 24.1 Å². The molecule has 346 valence electrons. The number of para-hydroxylation sites is 2. The van der Waals surface area contributed by atoms with E-state index in [0.29, 0.717) is 17.6 Å². The molecule has 0 bridgehead atoms. The lowest BCUT2D eigenvalue weighted by atomic mass is 9.94. The molecular weight excluding hydrogens is 899 g/mol. The molecule has 14 aromatic rings. The van der Waals surface area contributed by atoms with Crippen molar-refractivity contribution in [1.29, 1.82) is 0 Å². The molecule has 3 aromatic heterocycles. The molecule has 0 aliphatic rings. The monoisotopic (exact) mass is 943 g/mol. The lowest BCUT2D eigenvalue weighted by molar-refractivity contribution is 0.953. The molecule has 0 saturated heterocycles. The molecule has 5 heteroatoms. The van der Waals surface area contributed by atoms with Gasteiger partial charge in [0.15, 0.2) is 11.6 Å². The maximum atomic E-state index is 5.47. The molecule has 0 saturated carbocycles. The van der Waals surface area contributed by atoms with E-state index in [-0.39, 0.29) is 0 Å². The van der Waals surface area contributed by atoms with Crippen molar-refractivity contribution >= 4 is 43.6 Å². The van der Waals surface area contributed by atoms with Crippen molar-refractivity contribution in [3.05, 3.63) is 273 Å². The Morgan fingerprint density at radius 2 is 0.568 bits per heavy atom. The lowest BCUT2D eigenvalue weighted by Gasteiger charge is -2.16. The Bertz CT molecular complexity index is 4390. The minimum Gasteiger partial charge on any atom is -0.307 e. The number of fused-ring (bicyclic) bond motifs is 7. The number of benzene rings is 11. The molecule has 0 fully saturated rings. The number of rotatable bonds is 9. The van der Waals surface area contributed by atoms with Crippen LogP contribution >= 0.6 is 0 Å². The van der Waals surface area contributed by atoms with Gasteiger partial charge >= 0.3 is 0 Å². The second-order valence-corrected chi connectivity index (χ2v) is 18.8. The molecule has 11 aromatic carbocycles. The van der Waals surface area contributed by atoms with Crippen LogP contribution in [-0.4, -0.2) is 24.1 Å². The SMILES string of the molecule is c1ccc(-c2ccc(-c3cc(-c4cccc(-c5ccccc5)c4)cc(-n4c5ccccc5c5ccc6c7ccccc7n(-c7nc(-c8ccccc8)nc(-c8cccc(-c9ccccc9)c8)n7)c6c54)c3)cc2)cc1. The average Bonchev–Trinajstić information content (AvgIpc) is 4.02. The molecule has 0 aliphatic carbocycles. The van der Waals surface area contributed by atoms with E-state index in [0.717, 1.165) is 93.8 Å². The normalized spacial score (nSPS) is 11.5. The van der Waals surface area contributed by atoms with Crippen LogP contribution in [0, 0.1) is 0 Å². The summed E-state index contributed by atoms with van der Waals surface area (Å²) in [5.74, 6) is 1.74. The van der Waals surface area contributed by atoms with Crippen molar-refractivity contribution in [2.45, 2.75) is 0 Å². The Kier molecular flexibility index (Phi) is 10.4. The Hall–Kier alpha value is -9.97. The van der Waals surface area contributed by atoms with E-state index < -0.39 is 0 Å². The number of hydrogen-bond donors (Lipinski definition) is 0. The summed E-state index contributed by atoms with van der Waals surface area (Å²) in [6, 6.07) is 97.4. The van der Waals surface area contributed by atoms with E-state index in [1.165, 1.54) is 22.3 Å². The van der Waals surface area contributed by atoms with Crippen LogP contribution in [0.15, 0.2) is 273 Å². The van der Waals surface area contributed by atoms with Gasteiger partial charge in [-0.25, -0.2) is 4.98 Å². The van der Waals surface area contributed by atoms with Gasteiger partial charge in [-0.2, -0.15) is 9.97 Å². The highest BCUT2D eigenvalue weighted by atomic mass is 15.2. The van der Waals surface area contributed by atoms with Crippen molar-refractivity contribution in [3.8, 4) is 90.0 Å². The summed E-state index contributed by atoms with van der Waals surface area (Å²) in [7, 11) is 0. The third-order valence-electron chi connectivity index (χ3n) is 14.4. The van der Waals surface area contributed by atoms with Gasteiger partial charge in [0.2, 0.25) is 5.95 Å². The van der Waals surface area contributed by atoms with E-state index in [1.54, 1.807) is 0 Å². The Labute approximate surface area is 428 Å². The molecule has 0 radical (unpaired) electrons. The smallest absolute Gasteiger partial charge is 0.238 e. The van der Waals surface area contributed by atoms with Gasteiger partial charge in [0.05, 0.1) is 22.1 Å². The second-order valence-electron chi connectivity index (χ2n) is 18.8. The Balaban J connectivity index is 1.05. The highest BCUT2D eigenvalue weighted by molar-refractivity contribution is 6.23. The first-order valence-electron chi connectivity index (χ1n) is 25.1. The first-order valence-corrected chi connectivity index (χ1v) is 25.1. The van der Waals surface area contributed by atoms with Crippen LogP contribution in [0.1, 0.15) is 0 Å². The quantitative estimate of drug-likeness (QED) is 0.145. The largest absolute Gasteiger partial charge is 0.307 e. The molecule has 5 nitrogen and oxygen atoms in total. The van der Waals surface area contributed by atoms with Crippen LogP contribution in [0.2, 0.25) is 0 Å². The summed E-state index contributed by atoms with van der Waals surface area (Å²) in [4.78, 5) is 16.1. The minimum absolute atomic E-state index is 0.542. The summed E-state index contributed by atoms with van der Waals surface area (Å²) < 4.78 is 4.75. The number of hydrogen-bond acceptors (Lipinski definition) is 3. The third kappa shape index (κ3) is 7.54. The van der Waals surface area contributed by atoms with Gasteiger partial charge < -0.3 is 4.57 Å². The van der Waals surface area contributed by atoms with Gasteiger partial charge in [-0.05, 0) is 98.1 Å². The number of aromatic nitrogens is 5. The third-order valence-corrected chi connectivity index (χ3v) is 14.4. The van der Waals surface area contributed by atoms with Gasteiger partial charge in [-0.15, -0.1) is 0 Å². The van der Waals surface area contributed by atoms with Gasteiger partial charge in [-0.3, -0.25) is 4.57 Å². The summed E-state index contributed by atoms with van der Waals surface area (Å²) in [5.41, 5.74) is 18.5.